The van der Waals surface area contributed by atoms with Gasteiger partial charge in [-0.2, -0.15) is 0 Å². The molecule has 1 aromatic rings. The Morgan fingerprint density at radius 2 is 2.04 bits per heavy atom. The SMILES string of the molecule is Cc1ccc(C(C)C)cc1OCCCCCC[NH2+]C[C@H]1CCCO1. The Morgan fingerprint density at radius 3 is 2.79 bits per heavy atom. The lowest BCUT2D eigenvalue weighted by atomic mass is 10.0. The monoisotopic (exact) mass is 334 g/mol. The highest BCUT2D eigenvalue weighted by Crippen LogP contribution is 2.24. The third-order valence-electron chi connectivity index (χ3n) is 4.89. The molecule has 1 aliphatic rings. The fourth-order valence-corrected chi connectivity index (χ4v) is 3.19. The predicted octanol–water partition coefficient (Wildman–Crippen LogP) is 3.80. The molecule has 2 rings (SSSR count). The average Bonchev–Trinajstić information content (AvgIpc) is 3.08. The van der Waals surface area contributed by atoms with Crippen LogP contribution >= 0.6 is 0 Å². The van der Waals surface area contributed by atoms with Crippen LogP contribution in [-0.4, -0.2) is 32.4 Å². The molecular formula is C21H36NO2+. The Labute approximate surface area is 148 Å². The van der Waals surface area contributed by atoms with E-state index in [4.69, 9.17) is 9.47 Å². The zero-order valence-electron chi connectivity index (χ0n) is 15.9. The van der Waals surface area contributed by atoms with E-state index in [1.54, 1.807) is 0 Å². The standard InChI is InChI=1S/C21H35NO2/c1-17(2)19-11-10-18(3)21(15-19)24-13-7-5-4-6-12-22-16-20-9-8-14-23-20/h10-11,15,17,20,22H,4-9,12-14,16H2,1-3H3/p+1/t20-/m1/s1. The second-order valence-corrected chi connectivity index (χ2v) is 7.39. The minimum atomic E-state index is 0.517. The van der Waals surface area contributed by atoms with E-state index in [0.29, 0.717) is 12.0 Å². The maximum Gasteiger partial charge on any atom is 0.122 e. The number of aryl methyl sites for hydroxylation is 1. The molecule has 0 aliphatic carbocycles. The van der Waals surface area contributed by atoms with Crippen LogP contribution in [0.25, 0.3) is 0 Å². The first-order valence-electron chi connectivity index (χ1n) is 9.83. The number of unbranched alkanes of at least 4 members (excludes halogenated alkanes) is 3. The van der Waals surface area contributed by atoms with E-state index in [1.165, 1.54) is 49.8 Å². The van der Waals surface area contributed by atoms with Crippen LogP contribution in [0, 0.1) is 6.92 Å². The molecule has 3 heteroatoms. The highest BCUT2D eigenvalue weighted by molar-refractivity contribution is 5.37. The number of hydrogen-bond acceptors (Lipinski definition) is 2. The van der Waals surface area contributed by atoms with Crippen LogP contribution in [0.3, 0.4) is 0 Å². The van der Waals surface area contributed by atoms with Gasteiger partial charge >= 0.3 is 0 Å². The van der Waals surface area contributed by atoms with Crippen molar-refractivity contribution < 1.29 is 14.8 Å². The Hall–Kier alpha value is -1.06. The molecule has 0 aromatic heterocycles. The zero-order valence-corrected chi connectivity index (χ0v) is 15.9. The molecule has 2 N–H and O–H groups in total. The van der Waals surface area contributed by atoms with Crippen LogP contribution < -0.4 is 10.1 Å². The molecule has 1 atom stereocenters. The lowest BCUT2D eigenvalue weighted by molar-refractivity contribution is -0.661. The molecule has 1 heterocycles. The third kappa shape index (κ3) is 6.82. The van der Waals surface area contributed by atoms with E-state index < -0.39 is 0 Å². The van der Waals surface area contributed by atoms with Crippen molar-refractivity contribution in [3.63, 3.8) is 0 Å². The number of ether oxygens (including phenoxy) is 2. The molecular weight excluding hydrogens is 298 g/mol. The van der Waals surface area contributed by atoms with Gasteiger partial charge in [0.2, 0.25) is 0 Å². The van der Waals surface area contributed by atoms with Crippen molar-refractivity contribution in [3.8, 4) is 5.75 Å². The van der Waals surface area contributed by atoms with Crippen molar-refractivity contribution in [1.29, 1.82) is 0 Å². The summed E-state index contributed by atoms with van der Waals surface area (Å²) >= 11 is 0. The van der Waals surface area contributed by atoms with Crippen LogP contribution in [0.1, 0.15) is 69.4 Å². The fraction of sp³-hybridized carbons (Fsp3) is 0.714. The van der Waals surface area contributed by atoms with Crippen molar-refractivity contribution in [2.24, 2.45) is 0 Å². The summed E-state index contributed by atoms with van der Waals surface area (Å²) in [5, 5.41) is 2.42. The van der Waals surface area contributed by atoms with Gasteiger partial charge in [0.05, 0.1) is 13.2 Å². The number of nitrogens with two attached hydrogens (primary N) is 1. The smallest absolute Gasteiger partial charge is 0.122 e. The fourth-order valence-electron chi connectivity index (χ4n) is 3.19. The molecule has 0 spiro atoms. The topological polar surface area (TPSA) is 35.1 Å². The Balaban J connectivity index is 1.49. The first kappa shape index (κ1) is 19.3. The zero-order chi connectivity index (χ0) is 17.2. The van der Waals surface area contributed by atoms with Gasteiger partial charge in [-0.05, 0) is 68.6 Å². The normalized spacial score (nSPS) is 17.6. The Morgan fingerprint density at radius 1 is 1.21 bits per heavy atom. The summed E-state index contributed by atoms with van der Waals surface area (Å²) in [5.74, 6) is 1.62. The summed E-state index contributed by atoms with van der Waals surface area (Å²) in [4.78, 5) is 0. The van der Waals surface area contributed by atoms with Crippen molar-refractivity contribution in [2.45, 2.75) is 71.3 Å². The van der Waals surface area contributed by atoms with Crippen LogP contribution in [0.4, 0.5) is 0 Å². The molecule has 1 fully saturated rings. The molecule has 1 aliphatic heterocycles. The summed E-state index contributed by atoms with van der Waals surface area (Å²) in [7, 11) is 0. The van der Waals surface area contributed by atoms with Gasteiger partial charge in [0.15, 0.2) is 0 Å². The molecule has 0 amide bonds. The highest BCUT2D eigenvalue weighted by atomic mass is 16.5. The van der Waals surface area contributed by atoms with Crippen molar-refractivity contribution in [3.05, 3.63) is 29.3 Å². The summed E-state index contributed by atoms with van der Waals surface area (Å²) < 4.78 is 11.6. The molecule has 0 unspecified atom stereocenters. The number of hydrogen-bond donors (Lipinski definition) is 1. The quantitative estimate of drug-likeness (QED) is 0.625. The highest BCUT2D eigenvalue weighted by Gasteiger charge is 2.16. The van der Waals surface area contributed by atoms with E-state index in [9.17, 15) is 0 Å². The Bertz CT molecular complexity index is 467. The summed E-state index contributed by atoms with van der Waals surface area (Å²) in [5.41, 5.74) is 2.60. The second-order valence-electron chi connectivity index (χ2n) is 7.39. The lowest BCUT2D eigenvalue weighted by Crippen LogP contribution is -2.86. The van der Waals surface area contributed by atoms with Gasteiger partial charge in [0, 0.05) is 6.61 Å². The number of benzene rings is 1. The first-order chi connectivity index (χ1) is 11.7. The maximum absolute atomic E-state index is 6.00. The summed E-state index contributed by atoms with van der Waals surface area (Å²) in [6.07, 6.45) is 8.03. The molecule has 0 bridgehead atoms. The van der Waals surface area contributed by atoms with E-state index in [-0.39, 0.29) is 0 Å². The van der Waals surface area contributed by atoms with Crippen molar-refractivity contribution >= 4 is 0 Å². The maximum atomic E-state index is 6.00. The third-order valence-corrected chi connectivity index (χ3v) is 4.89. The molecule has 1 aromatic carbocycles. The van der Waals surface area contributed by atoms with Gasteiger partial charge < -0.3 is 14.8 Å². The van der Waals surface area contributed by atoms with Crippen LogP contribution in [0.15, 0.2) is 18.2 Å². The van der Waals surface area contributed by atoms with Crippen LogP contribution in [-0.2, 0) is 4.74 Å². The molecule has 1 saturated heterocycles. The average molecular weight is 335 g/mol. The van der Waals surface area contributed by atoms with Crippen molar-refractivity contribution in [1.82, 2.24) is 0 Å². The van der Waals surface area contributed by atoms with Gasteiger partial charge in [0.1, 0.15) is 18.4 Å². The van der Waals surface area contributed by atoms with Gasteiger partial charge in [0.25, 0.3) is 0 Å². The minimum absolute atomic E-state index is 0.517. The molecule has 0 radical (unpaired) electrons. The van der Waals surface area contributed by atoms with E-state index in [1.807, 2.05) is 0 Å². The minimum Gasteiger partial charge on any atom is -0.493 e. The number of rotatable bonds is 11. The van der Waals surface area contributed by atoms with Gasteiger partial charge in [-0.3, -0.25) is 0 Å². The van der Waals surface area contributed by atoms with Gasteiger partial charge in [-0.25, -0.2) is 0 Å². The molecule has 24 heavy (non-hydrogen) atoms. The van der Waals surface area contributed by atoms with E-state index in [2.05, 4.69) is 44.3 Å². The van der Waals surface area contributed by atoms with Gasteiger partial charge in [-0.1, -0.05) is 26.0 Å². The van der Waals surface area contributed by atoms with Crippen molar-refractivity contribution in [2.75, 3.05) is 26.3 Å². The molecule has 0 saturated carbocycles. The molecule has 136 valence electrons. The molecule has 3 nitrogen and oxygen atoms in total. The predicted molar refractivity (Wildman–Crippen MR) is 99.9 cm³/mol. The van der Waals surface area contributed by atoms with Crippen LogP contribution in [0.5, 0.6) is 5.75 Å². The Kier molecular flexibility index (Phi) is 8.62. The second kappa shape index (κ2) is 10.7. The van der Waals surface area contributed by atoms with Crippen LogP contribution in [0.2, 0.25) is 0 Å². The van der Waals surface area contributed by atoms with Gasteiger partial charge in [-0.15, -0.1) is 0 Å². The first-order valence-corrected chi connectivity index (χ1v) is 9.83. The number of quaternary nitrogens is 1. The van der Waals surface area contributed by atoms with E-state index in [0.717, 1.165) is 31.9 Å². The largest absolute Gasteiger partial charge is 0.493 e. The summed E-state index contributed by atoms with van der Waals surface area (Å²) in [6.45, 7) is 10.8. The summed E-state index contributed by atoms with van der Waals surface area (Å²) in [6, 6.07) is 6.59. The lowest BCUT2D eigenvalue weighted by Gasteiger charge is -2.12. The van der Waals surface area contributed by atoms with E-state index >= 15 is 0 Å².